The number of hydrogen-bond donors (Lipinski definition) is 1. The smallest absolute Gasteiger partial charge is 0.270 e. The van der Waals surface area contributed by atoms with Crippen LogP contribution in [0.25, 0.3) is 0 Å². The molecule has 1 amide bonds. The van der Waals surface area contributed by atoms with Gasteiger partial charge in [0.05, 0.1) is 5.01 Å². The minimum atomic E-state index is -0.126. The van der Waals surface area contributed by atoms with Crippen molar-refractivity contribution in [1.29, 1.82) is 0 Å². The molecule has 0 aliphatic carbocycles. The quantitative estimate of drug-likeness (QED) is 0.719. The zero-order valence-electron chi connectivity index (χ0n) is 6.26. The molecule has 0 spiro atoms. The third kappa shape index (κ3) is 2.01. The number of rotatable bonds is 2. The van der Waals surface area contributed by atoms with Gasteiger partial charge in [-0.3, -0.25) is 4.79 Å². The van der Waals surface area contributed by atoms with Crippen LogP contribution in [0.3, 0.4) is 0 Å². The van der Waals surface area contributed by atoms with Crippen LogP contribution in [0.5, 0.6) is 0 Å². The van der Waals surface area contributed by atoms with Gasteiger partial charge < -0.3 is 5.32 Å². The fourth-order valence-corrected chi connectivity index (χ4v) is 1.22. The number of hydrogen-bond acceptors (Lipinski definition) is 3. The molecule has 0 aromatic carbocycles. The molecule has 0 aliphatic rings. The summed E-state index contributed by atoms with van der Waals surface area (Å²) in [6, 6.07) is 0. The monoisotopic (exact) mass is 169 g/mol. The van der Waals surface area contributed by atoms with E-state index in [1.807, 2.05) is 6.92 Å². The van der Waals surface area contributed by atoms with Crippen molar-refractivity contribution in [3.8, 4) is 0 Å². The molecule has 0 aliphatic heterocycles. The molecule has 1 heterocycles. The Morgan fingerprint density at radius 2 is 2.64 bits per heavy atom. The van der Waals surface area contributed by atoms with E-state index in [9.17, 15) is 4.79 Å². The molecule has 1 rings (SSSR count). The molecular formula is C7H9N2OS. The Hall–Kier alpha value is -0.900. The molecule has 0 unspecified atom stereocenters. The van der Waals surface area contributed by atoms with Gasteiger partial charge in [0.1, 0.15) is 5.69 Å². The van der Waals surface area contributed by atoms with E-state index in [-0.39, 0.29) is 5.91 Å². The minimum absolute atomic E-state index is 0.126. The predicted octanol–water partition coefficient (Wildman–Crippen LogP) is 1.07. The molecule has 0 atom stereocenters. The van der Waals surface area contributed by atoms with Crippen molar-refractivity contribution in [2.24, 2.45) is 0 Å². The molecule has 1 radical (unpaired) electrons. The van der Waals surface area contributed by atoms with E-state index in [0.29, 0.717) is 17.2 Å². The van der Waals surface area contributed by atoms with Crippen LogP contribution < -0.4 is 5.32 Å². The van der Waals surface area contributed by atoms with Crippen molar-refractivity contribution >= 4 is 17.2 Å². The van der Waals surface area contributed by atoms with Crippen LogP contribution in [0, 0.1) is 6.92 Å². The Labute approximate surface area is 69.5 Å². The second-order valence-electron chi connectivity index (χ2n) is 1.99. The summed E-state index contributed by atoms with van der Waals surface area (Å²) in [5.74, 6) is -0.126. The summed E-state index contributed by atoms with van der Waals surface area (Å²) >= 11 is 1.38. The Kier molecular flexibility index (Phi) is 2.59. The maximum Gasteiger partial charge on any atom is 0.270 e. The number of nitrogens with one attached hydrogen (secondary N) is 1. The van der Waals surface area contributed by atoms with E-state index in [2.05, 4.69) is 17.2 Å². The van der Waals surface area contributed by atoms with Gasteiger partial charge in [-0.15, -0.1) is 11.3 Å². The third-order valence-electron chi connectivity index (χ3n) is 1.12. The highest BCUT2D eigenvalue weighted by Crippen LogP contribution is 2.06. The Balaban J connectivity index is 2.69. The first-order valence-corrected chi connectivity index (χ1v) is 4.17. The fourth-order valence-electron chi connectivity index (χ4n) is 0.666. The highest BCUT2D eigenvalue weighted by molar-refractivity contribution is 7.10. The number of thiazole rings is 1. The van der Waals surface area contributed by atoms with E-state index in [4.69, 9.17) is 0 Å². The van der Waals surface area contributed by atoms with Gasteiger partial charge in [-0.2, -0.15) is 0 Å². The molecular weight excluding hydrogens is 160 g/mol. The standard InChI is InChI=1S/C7H9N2OS/c1-3-8-7(10)6-4-11-5(2)9-6/h4H,2-3H2,1H3,(H,8,10). The van der Waals surface area contributed by atoms with Gasteiger partial charge in [-0.05, 0) is 6.92 Å². The number of carbonyl (C=O) groups excluding carboxylic acids is 1. The van der Waals surface area contributed by atoms with Crippen molar-refractivity contribution in [3.63, 3.8) is 0 Å². The summed E-state index contributed by atoms with van der Waals surface area (Å²) in [4.78, 5) is 15.0. The Morgan fingerprint density at radius 3 is 3.09 bits per heavy atom. The maximum absolute atomic E-state index is 11.1. The van der Waals surface area contributed by atoms with E-state index in [1.165, 1.54) is 11.3 Å². The first-order chi connectivity index (χ1) is 5.24. The molecule has 0 saturated heterocycles. The highest BCUT2D eigenvalue weighted by atomic mass is 32.1. The molecule has 0 fully saturated rings. The summed E-state index contributed by atoms with van der Waals surface area (Å²) in [6.07, 6.45) is 0. The van der Waals surface area contributed by atoms with Crippen LogP contribution in [-0.4, -0.2) is 17.4 Å². The van der Waals surface area contributed by atoms with Gasteiger partial charge in [0.15, 0.2) is 0 Å². The summed E-state index contributed by atoms with van der Waals surface area (Å²) in [5, 5.41) is 5.03. The van der Waals surface area contributed by atoms with Crippen LogP contribution in [0.4, 0.5) is 0 Å². The lowest BCUT2D eigenvalue weighted by Gasteiger charge is -1.95. The minimum Gasteiger partial charge on any atom is -0.351 e. The molecule has 1 aromatic heterocycles. The second kappa shape index (κ2) is 3.48. The van der Waals surface area contributed by atoms with Crippen molar-refractivity contribution in [1.82, 2.24) is 10.3 Å². The van der Waals surface area contributed by atoms with Gasteiger partial charge in [0.2, 0.25) is 0 Å². The molecule has 59 valence electrons. The predicted molar refractivity (Wildman–Crippen MR) is 44.6 cm³/mol. The molecule has 0 saturated carbocycles. The van der Waals surface area contributed by atoms with E-state index in [1.54, 1.807) is 5.38 Å². The third-order valence-corrected chi connectivity index (χ3v) is 1.83. The van der Waals surface area contributed by atoms with Crippen molar-refractivity contribution in [2.45, 2.75) is 6.92 Å². The van der Waals surface area contributed by atoms with Gasteiger partial charge in [-0.1, -0.05) is 0 Å². The molecule has 11 heavy (non-hydrogen) atoms. The first-order valence-electron chi connectivity index (χ1n) is 3.29. The average Bonchev–Trinajstić information content (AvgIpc) is 2.36. The lowest BCUT2D eigenvalue weighted by atomic mass is 10.4. The fraction of sp³-hybridized carbons (Fsp3) is 0.286. The van der Waals surface area contributed by atoms with Crippen LogP contribution >= 0.6 is 11.3 Å². The van der Waals surface area contributed by atoms with Gasteiger partial charge in [0.25, 0.3) is 5.91 Å². The van der Waals surface area contributed by atoms with Crippen LogP contribution in [0.1, 0.15) is 22.4 Å². The Bertz CT molecular complexity index is 257. The van der Waals surface area contributed by atoms with Gasteiger partial charge in [0, 0.05) is 18.8 Å². The van der Waals surface area contributed by atoms with E-state index in [0.717, 1.165) is 0 Å². The van der Waals surface area contributed by atoms with E-state index >= 15 is 0 Å². The first kappa shape index (κ1) is 8.20. The maximum atomic E-state index is 11.1. The van der Waals surface area contributed by atoms with Gasteiger partial charge in [-0.25, -0.2) is 4.98 Å². The zero-order valence-corrected chi connectivity index (χ0v) is 7.07. The molecule has 1 N–H and O–H groups in total. The summed E-state index contributed by atoms with van der Waals surface area (Å²) in [7, 11) is 0. The molecule has 4 heteroatoms. The number of aromatic nitrogens is 1. The van der Waals surface area contributed by atoms with E-state index < -0.39 is 0 Å². The van der Waals surface area contributed by atoms with Crippen molar-refractivity contribution in [3.05, 3.63) is 23.0 Å². The SMILES string of the molecule is [CH2]c1nc(C(=O)NCC)cs1. The second-order valence-corrected chi connectivity index (χ2v) is 2.93. The summed E-state index contributed by atoms with van der Waals surface area (Å²) in [5.41, 5.74) is 0.460. The molecule has 3 nitrogen and oxygen atoms in total. The number of carbonyl (C=O) groups is 1. The number of nitrogens with zero attached hydrogens (tertiary/aromatic N) is 1. The van der Waals surface area contributed by atoms with Crippen LogP contribution in [-0.2, 0) is 0 Å². The largest absolute Gasteiger partial charge is 0.351 e. The van der Waals surface area contributed by atoms with Gasteiger partial charge >= 0.3 is 0 Å². The normalized spacial score (nSPS) is 9.64. The van der Waals surface area contributed by atoms with Crippen molar-refractivity contribution < 1.29 is 4.79 Å². The lowest BCUT2D eigenvalue weighted by Crippen LogP contribution is -2.22. The Morgan fingerprint density at radius 1 is 1.91 bits per heavy atom. The topological polar surface area (TPSA) is 42.0 Å². The average molecular weight is 169 g/mol. The number of amides is 1. The van der Waals surface area contributed by atoms with Crippen LogP contribution in [0.2, 0.25) is 0 Å². The van der Waals surface area contributed by atoms with Crippen LogP contribution in [0.15, 0.2) is 5.38 Å². The zero-order chi connectivity index (χ0) is 8.27. The highest BCUT2D eigenvalue weighted by Gasteiger charge is 2.06. The summed E-state index contributed by atoms with van der Waals surface area (Å²) < 4.78 is 0. The molecule has 0 bridgehead atoms. The summed E-state index contributed by atoms with van der Waals surface area (Å²) in [6.45, 7) is 6.11. The molecule has 1 aromatic rings. The van der Waals surface area contributed by atoms with Crippen molar-refractivity contribution in [2.75, 3.05) is 6.54 Å². The lowest BCUT2D eigenvalue weighted by molar-refractivity contribution is 0.0951.